The number of rotatable bonds is 2. The Bertz CT molecular complexity index is 525. The highest BCUT2D eigenvalue weighted by Crippen LogP contribution is 2.27. The Labute approximate surface area is 95.6 Å². The molecule has 1 aliphatic rings. The Morgan fingerprint density at radius 1 is 1.38 bits per heavy atom. The van der Waals surface area contributed by atoms with Crippen LogP contribution >= 0.6 is 0 Å². The minimum absolute atomic E-state index is 0.985. The van der Waals surface area contributed by atoms with Crippen molar-refractivity contribution in [3.05, 3.63) is 48.2 Å². The lowest BCUT2D eigenvalue weighted by molar-refractivity contribution is 0.282. The molecule has 1 N–H and O–H groups in total. The number of H-pyrrole nitrogens is 1. The number of hydrogen-bond acceptors (Lipinski definition) is 1. The third-order valence-electron chi connectivity index (χ3n) is 3.35. The predicted molar refractivity (Wildman–Crippen MR) is 67.5 cm³/mol. The van der Waals surface area contributed by atoms with Crippen molar-refractivity contribution in [2.45, 2.75) is 13.0 Å². The zero-order valence-electron chi connectivity index (χ0n) is 9.37. The van der Waals surface area contributed by atoms with E-state index < -0.39 is 0 Å². The fraction of sp³-hybridized carbons (Fsp3) is 0.286. The Kier molecular flexibility index (Phi) is 2.29. The van der Waals surface area contributed by atoms with E-state index in [1.807, 2.05) is 6.08 Å². The van der Waals surface area contributed by atoms with E-state index in [1.54, 1.807) is 0 Å². The molecule has 0 spiro atoms. The van der Waals surface area contributed by atoms with Crippen LogP contribution in [0.5, 0.6) is 0 Å². The minimum atomic E-state index is 0.985. The Hall–Kier alpha value is -1.54. The summed E-state index contributed by atoms with van der Waals surface area (Å²) in [5.41, 5.74) is 4.16. The maximum atomic E-state index is 3.81. The van der Waals surface area contributed by atoms with Gasteiger partial charge in [-0.2, -0.15) is 0 Å². The summed E-state index contributed by atoms with van der Waals surface area (Å²) in [4.78, 5) is 5.97. The highest BCUT2D eigenvalue weighted by Gasteiger charge is 2.19. The summed E-state index contributed by atoms with van der Waals surface area (Å²) >= 11 is 0. The molecule has 2 aromatic rings. The van der Waals surface area contributed by atoms with Gasteiger partial charge in [0.15, 0.2) is 0 Å². The van der Waals surface area contributed by atoms with Gasteiger partial charge in [0.25, 0.3) is 0 Å². The number of benzene rings is 1. The van der Waals surface area contributed by atoms with Gasteiger partial charge in [0.2, 0.25) is 0 Å². The zero-order valence-corrected chi connectivity index (χ0v) is 9.37. The first kappa shape index (κ1) is 9.67. The number of fused-ring (bicyclic) bond motifs is 3. The van der Waals surface area contributed by atoms with E-state index in [9.17, 15) is 0 Å². The summed E-state index contributed by atoms with van der Waals surface area (Å²) in [6.07, 6.45) is 3.11. The van der Waals surface area contributed by atoms with Crippen LogP contribution < -0.4 is 0 Å². The second kappa shape index (κ2) is 3.80. The summed E-state index contributed by atoms with van der Waals surface area (Å²) in [7, 11) is 0. The van der Waals surface area contributed by atoms with Crippen LogP contribution in [-0.2, 0) is 13.0 Å². The number of nitrogens with one attached hydrogen (secondary N) is 1. The van der Waals surface area contributed by atoms with E-state index in [0.29, 0.717) is 0 Å². The standard InChI is InChI=1S/C14H16N2/c1-2-8-16-9-7-14-12(10-16)11-5-3-4-6-13(11)15-14/h2-6,15H,1,7-10H2. The number of aromatic nitrogens is 1. The van der Waals surface area contributed by atoms with E-state index in [-0.39, 0.29) is 0 Å². The van der Waals surface area contributed by atoms with Gasteiger partial charge < -0.3 is 4.98 Å². The van der Waals surface area contributed by atoms with Gasteiger partial charge in [-0.3, -0.25) is 4.90 Å². The van der Waals surface area contributed by atoms with Gasteiger partial charge in [-0.25, -0.2) is 0 Å². The predicted octanol–water partition coefficient (Wildman–Crippen LogP) is 2.71. The number of aromatic amines is 1. The van der Waals surface area contributed by atoms with Crippen LogP contribution in [0.2, 0.25) is 0 Å². The van der Waals surface area contributed by atoms with Crippen LogP contribution in [0.25, 0.3) is 10.9 Å². The summed E-state index contributed by atoms with van der Waals surface area (Å²) < 4.78 is 0. The molecule has 3 rings (SSSR count). The molecular formula is C14H16N2. The van der Waals surface area contributed by atoms with Gasteiger partial charge in [-0.15, -0.1) is 6.58 Å². The molecule has 0 radical (unpaired) electrons. The minimum Gasteiger partial charge on any atom is -0.358 e. The Morgan fingerprint density at radius 3 is 3.12 bits per heavy atom. The monoisotopic (exact) mass is 212 g/mol. The average Bonchev–Trinajstić information content (AvgIpc) is 2.68. The van der Waals surface area contributed by atoms with Crippen molar-refractivity contribution in [2.24, 2.45) is 0 Å². The molecule has 0 unspecified atom stereocenters. The summed E-state index contributed by atoms with van der Waals surface area (Å²) in [5, 5.41) is 1.38. The van der Waals surface area contributed by atoms with Crippen molar-refractivity contribution >= 4 is 10.9 Å². The molecule has 16 heavy (non-hydrogen) atoms. The number of para-hydroxylation sites is 1. The Balaban J connectivity index is 2.04. The molecule has 2 heteroatoms. The Morgan fingerprint density at radius 2 is 2.25 bits per heavy atom. The van der Waals surface area contributed by atoms with E-state index >= 15 is 0 Å². The first-order valence-electron chi connectivity index (χ1n) is 5.80. The smallest absolute Gasteiger partial charge is 0.0459 e. The molecule has 0 bridgehead atoms. The molecule has 1 aliphatic heterocycles. The third-order valence-corrected chi connectivity index (χ3v) is 3.35. The molecule has 1 aromatic heterocycles. The number of nitrogens with zero attached hydrogens (tertiary/aromatic N) is 1. The molecule has 0 saturated carbocycles. The van der Waals surface area contributed by atoms with Crippen LogP contribution in [0.1, 0.15) is 11.3 Å². The van der Waals surface area contributed by atoms with E-state index in [2.05, 4.69) is 40.7 Å². The number of hydrogen-bond donors (Lipinski definition) is 1. The van der Waals surface area contributed by atoms with Crippen molar-refractivity contribution in [2.75, 3.05) is 13.1 Å². The van der Waals surface area contributed by atoms with Crippen molar-refractivity contribution in [3.63, 3.8) is 0 Å². The maximum absolute atomic E-state index is 3.81. The highest BCUT2D eigenvalue weighted by atomic mass is 15.1. The molecule has 2 nitrogen and oxygen atoms in total. The van der Waals surface area contributed by atoms with Crippen molar-refractivity contribution in [3.8, 4) is 0 Å². The lowest BCUT2D eigenvalue weighted by Crippen LogP contribution is -2.30. The summed E-state index contributed by atoms with van der Waals surface area (Å²) in [5.74, 6) is 0. The molecular weight excluding hydrogens is 196 g/mol. The van der Waals surface area contributed by atoms with E-state index in [0.717, 1.165) is 26.1 Å². The van der Waals surface area contributed by atoms with Crippen LogP contribution in [-0.4, -0.2) is 23.0 Å². The first-order chi connectivity index (χ1) is 7.88. The molecule has 82 valence electrons. The quantitative estimate of drug-likeness (QED) is 0.758. The van der Waals surface area contributed by atoms with Crippen molar-refractivity contribution in [1.29, 1.82) is 0 Å². The van der Waals surface area contributed by atoms with Crippen LogP contribution in [0, 0.1) is 0 Å². The molecule has 0 atom stereocenters. The van der Waals surface area contributed by atoms with Gasteiger partial charge in [-0.05, 0) is 11.6 Å². The molecule has 0 fully saturated rings. The third kappa shape index (κ3) is 1.46. The van der Waals surface area contributed by atoms with Gasteiger partial charge in [0.1, 0.15) is 0 Å². The highest BCUT2D eigenvalue weighted by molar-refractivity contribution is 5.84. The molecule has 0 aliphatic carbocycles. The van der Waals surface area contributed by atoms with Crippen molar-refractivity contribution in [1.82, 2.24) is 9.88 Å². The van der Waals surface area contributed by atoms with Gasteiger partial charge in [0, 0.05) is 42.7 Å². The molecule has 0 saturated heterocycles. The fourth-order valence-corrected chi connectivity index (χ4v) is 2.56. The van der Waals surface area contributed by atoms with Crippen LogP contribution in [0.4, 0.5) is 0 Å². The van der Waals surface area contributed by atoms with Gasteiger partial charge in [-0.1, -0.05) is 24.3 Å². The van der Waals surface area contributed by atoms with Gasteiger partial charge >= 0.3 is 0 Å². The zero-order chi connectivity index (χ0) is 11.0. The second-order valence-corrected chi connectivity index (χ2v) is 4.40. The summed E-state index contributed by atoms with van der Waals surface area (Å²) in [6, 6.07) is 8.57. The lowest BCUT2D eigenvalue weighted by Gasteiger charge is -2.25. The normalized spacial score (nSPS) is 16.2. The first-order valence-corrected chi connectivity index (χ1v) is 5.80. The largest absolute Gasteiger partial charge is 0.358 e. The molecule has 2 heterocycles. The lowest BCUT2D eigenvalue weighted by atomic mass is 10.0. The van der Waals surface area contributed by atoms with Crippen LogP contribution in [0.3, 0.4) is 0 Å². The van der Waals surface area contributed by atoms with E-state index in [4.69, 9.17) is 0 Å². The van der Waals surface area contributed by atoms with Crippen LogP contribution in [0.15, 0.2) is 36.9 Å². The molecule has 1 aromatic carbocycles. The topological polar surface area (TPSA) is 19.0 Å². The average molecular weight is 212 g/mol. The van der Waals surface area contributed by atoms with Crippen molar-refractivity contribution < 1.29 is 0 Å². The summed E-state index contributed by atoms with van der Waals surface area (Å²) in [6.45, 7) is 6.97. The SMILES string of the molecule is C=CCN1CCc2[nH]c3ccccc3c2C1. The second-order valence-electron chi connectivity index (χ2n) is 4.40. The maximum Gasteiger partial charge on any atom is 0.0459 e. The van der Waals surface area contributed by atoms with Gasteiger partial charge in [0.05, 0.1) is 0 Å². The van der Waals surface area contributed by atoms with E-state index in [1.165, 1.54) is 22.2 Å². The fourth-order valence-electron chi connectivity index (χ4n) is 2.56. The molecule has 0 amide bonds.